The van der Waals surface area contributed by atoms with Crippen molar-refractivity contribution >= 4 is 23.0 Å². The second-order valence-electron chi connectivity index (χ2n) is 5.64. The lowest BCUT2D eigenvalue weighted by Crippen LogP contribution is -1.89. The quantitative estimate of drug-likeness (QED) is 0.481. The van der Waals surface area contributed by atoms with Crippen LogP contribution >= 0.6 is 11.3 Å². The van der Waals surface area contributed by atoms with E-state index >= 15 is 0 Å². The molecule has 0 aliphatic carbocycles. The number of hydrogen-bond acceptors (Lipinski definition) is 4. The molecule has 0 unspecified atom stereocenters. The molecule has 26 heavy (non-hydrogen) atoms. The SMILES string of the molecule is N#C/C(=C\c1ccc(-n2ccnc2)cc1)c1nc(-c2ccccc2)cs1. The molecule has 0 saturated carbocycles. The summed E-state index contributed by atoms with van der Waals surface area (Å²) in [5.41, 5.74) is 4.49. The number of nitrogens with zero attached hydrogens (tertiary/aromatic N) is 4. The average molecular weight is 354 g/mol. The van der Waals surface area contributed by atoms with Gasteiger partial charge in [0.2, 0.25) is 0 Å². The van der Waals surface area contributed by atoms with Gasteiger partial charge in [-0.25, -0.2) is 9.97 Å². The first kappa shape index (κ1) is 16.0. The average Bonchev–Trinajstić information content (AvgIpc) is 3.39. The van der Waals surface area contributed by atoms with Crippen LogP contribution in [0.25, 0.3) is 28.6 Å². The zero-order chi connectivity index (χ0) is 17.8. The third-order valence-corrected chi connectivity index (χ3v) is 4.81. The molecule has 5 heteroatoms. The number of rotatable bonds is 4. The summed E-state index contributed by atoms with van der Waals surface area (Å²) < 4.78 is 1.94. The van der Waals surface area contributed by atoms with Gasteiger partial charge in [0.1, 0.15) is 11.1 Å². The number of imidazole rings is 1. The van der Waals surface area contributed by atoms with E-state index in [4.69, 9.17) is 0 Å². The molecule has 2 aromatic carbocycles. The summed E-state index contributed by atoms with van der Waals surface area (Å²) in [5.74, 6) is 0. The van der Waals surface area contributed by atoms with Crippen LogP contribution in [0.5, 0.6) is 0 Å². The summed E-state index contributed by atoms with van der Waals surface area (Å²) in [7, 11) is 0. The van der Waals surface area contributed by atoms with Gasteiger partial charge in [0.25, 0.3) is 0 Å². The lowest BCUT2D eigenvalue weighted by molar-refractivity contribution is 1.06. The summed E-state index contributed by atoms with van der Waals surface area (Å²) in [6, 6.07) is 20.2. The molecule has 0 aliphatic heterocycles. The Bertz CT molecular complexity index is 1070. The molecule has 0 N–H and O–H groups in total. The Morgan fingerprint density at radius 2 is 1.88 bits per heavy atom. The van der Waals surface area contributed by atoms with Gasteiger partial charge in [-0.15, -0.1) is 11.3 Å². The Morgan fingerprint density at radius 3 is 2.58 bits per heavy atom. The maximum Gasteiger partial charge on any atom is 0.134 e. The minimum atomic E-state index is 0.563. The third kappa shape index (κ3) is 3.32. The topological polar surface area (TPSA) is 54.5 Å². The van der Waals surface area contributed by atoms with Crippen LogP contribution in [0.4, 0.5) is 0 Å². The maximum absolute atomic E-state index is 9.56. The number of aromatic nitrogens is 3. The van der Waals surface area contributed by atoms with Gasteiger partial charge in [0.05, 0.1) is 17.6 Å². The van der Waals surface area contributed by atoms with Crippen LogP contribution < -0.4 is 0 Å². The first-order valence-corrected chi connectivity index (χ1v) is 8.93. The van der Waals surface area contributed by atoms with Crippen molar-refractivity contribution in [1.29, 1.82) is 5.26 Å². The largest absolute Gasteiger partial charge is 0.306 e. The Morgan fingerprint density at radius 1 is 1.08 bits per heavy atom. The molecule has 0 atom stereocenters. The molecular weight excluding hydrogens is 340 g/mol. The molecule has 0 aliphatic rings. The highest BCUT2D eigenvalue weighted by Gasteiger charge is 2.09. The second-order valence-corrected chi connectivity index (χ2v) is 6.49. The van der Waals surface area contributed by atoms with Gasteiger partial charge in [-0.3, -0.25) is 0 Å². The molecule has 0 spiro atoms. The molecular formula is C21H14N4S. The van der Waals surface area contributed by atoms with Crippen molar-refractivity contribution in [3.05, 3.63) is 89.3 Å². The van der Waals surface area contributed by atoms with Crippen LogP contribution in [0.3, 0.4) is 0 Å². The predicted octanol–water partition coefficient (Wildman–Crippen LogP) is 5.06. The summed E-state index contributed by atoms with van der Waals surface area (Å²) in [6.07, 6.45) is 7.26. The van der Waals surface area contributed by atoms with Crippen LogP contribution in [-0.4, -0.2) is 14.5 Å². The van der Waals surface area contributed by atoms with E-state index in [0.29, 0.717) is 5.57 Å². The van der Waals surface area contributed by atoms with Crippen molar-refractivity contribution in [2.75, 3.05) is 0 Å². The number of nitriles is 1. The second kappa shape index (κ2) is 7.18. The summed E-state index contributed by atoms with van der Waals surface area (Å²) in [6.45, 7) is 0. The monoisotopic (exact) mass is 354 g/mol. The Labute approximate surface area is 155 Å². The molecule has 124 valence electrons. The first-order valence-electron chi connectivity index (χ1n) is 8.05. The predicted molar refractivity (Wildman–Crippen MR) is 105 cm³/mol. The normalized spacial score (nSPS) is 11.3. The molecule has 0 bridgehead atoms. The van der Waals surface area contributed by atoms with Crippen molar-refractivity contribution in [2.45, 2.75) is 0 Å². The van der Waals surface area contributed by atoms with Gasteiger partial charge in [0, 0.05) is 29.0 Å². The van der Waals surface area contributed by atoms with Crippen LogP contribution in [0.2, 0.25) is 0 Å². The molecule has 0 fully saturated rings. The van der Waals surface area contributed by atoms with E-state index in [1.165, 1.54) is 11.3 Å². The van der Waals surface area contributed by atoms with Crippen molar-refractivity contribution in [1.82, 2.24) is 14.5 Å². The Hall–Kier alpha value is -3.49. The van der Waals surface area contributed by atoms with Crippen molar-refractivity contribution in [3.8, 4) is 23.0 Å². The molecule has 0 radical (unpaired) electrons. The van der Waals surface area contributed by atoms with Crippen molar-refractivity contribution in [2.24, 2.45) is 0 Å². The molecule has 4 nitrogen and oxygen atoms in total. The zero-order valence-corrected chi connectivity index (χ0v) is 14.6. The number of allylic oxidation sites excluding steroid dienone is 1. The maximum atomic E-state index is 9.56. The summed E-state index contributed by atoms with van der Waals surface area (Å²) in [4.78, 5) is 8.67. The standard InChI is InChI=1S/C21H14N4S/c22-13-18(21-24-20(14-26-21)17-4-2-1-3-5-17)12-16-6-8-19(9-7-16)25-11-10-23-15-25/h1-12,14-15H/b18-12+. The van der Waals surface area contributed by atoms with Gasteiger partial charge >= 0.3 is 0 Å². The first-order chi connectivity index (χ1) is 12.8. The minimum Gasteiger partial charge on any atom is -0.306 e. The number of thiazole rings is 1. The van der Waals surface area contributed by atoms with E-state index in [9.17, 15) is 5.26 Å². The van der Waals surface area contributed by atoms with Gasteiger partial charge in [-0.05, 0) is 23.8 Å². The van der Waals surface area contributed by atoms with E-state index in [-0.39, 0.29) is 0 Å². The Balaban J connectivity index is 1.61. The summed E-state index contributed by atoms with van der Waals surface area (Å²) in [5, 5.41) is 12.3. The van der Waals surface area contributed by atoms with E-state index in [1.54, 1.807) is 12.5 Å². The lowest BCUT2D eigenvalue weighted by Gasteiger charge is -2.02. The van der Waals surface area contributed by atoms with Gasteiger partial charge in [-0.1, -0.05) is 42.5 Å². The summed E-state index contributed by atoms with van der Waals surface area (Å²) >= 11 is 1.48. The number of benzene rings is 2. The molecule has 2 heterocycles. The van der Waals surface area contributed by atoms with Gasteiger partial charge in [-0.2, -0.15) is 5.26 Å². The minimum absolute atomic E-state index is 0.563. The third-order valence-electron chi connectivity index (χ3n) is 3.93. The molecule has 0 saturated heterocycles. The fraction of sp³-hybridized carbons (Fsp3) is 0. The van der Waals surface area contributed by atoms with Crippen LogP contribution in [0, 0.1) is 11.3 Å². The number of hydrogen-bond donors (Lipinski definition) is 0. The Kier molecular flexibility index (Phi) is 4.42. The van der Waals surface area contributed by atoms with E-state index in [0.717, 1.165) is 27.5 Å². The zero-order valence-electron chi connectivity index (χ0n) is 13.8. The van der Waals surface area contributed by atoms with E-state index in [1.807, 2.05) is 76.8 Å². The smallest absolute Gasteiger partial charge is 0.134 e. The van der Waals surface area contributed by atoms with Crippen LogP contribution in [0.1, 0.15) is 10.6 Å². The molecule has 4 aromatic rings. The van der Waals surface area contributed by atoms with Crippen molar-refractivity contribution < 1.29 is 0 Å². The van der Waals surface area contributed by atoms with Crippen LogP contribution in [-0.2, 0) is 0 Å². The molecule has 4 rings (SSSR count). The van der Waals surface area contributed by atoms with Crippen LogP contribution in [0.15, 0.2) is 78.7 Å². The van der Waals surface area contributed by atoms with Gasteiger partial charge in [0.15, 0.2) is 0 Å². The fourth-order valence-corrected chi connectivity index (χ4v) is 3.40. The fourth-order valence-electron chi connectivity index (χ4n) is 2.60. The van der Waals surface area contributed by atoms with Gasteiger partial charge < -0.3 is 4.57 Å². The highest BCUT2D eigenvalue weighted by molar-refractivity contribution is 7.11. The highest BCUT2D eigenvalue weighted by Crippen LogP contribution is 2.27. The van der Waals surface area contributed by atoms with E-state index < -0.39 is 0 Å². The molecule has 2 aromatic heterocycles. The lowest BCUT2D eigenvalue weighted by atomic mass is 10.1. The van der Waals surface area contributed by atoms with Crippen molar-refractivity contribution in [3.63, 3.8) is 0 Å². The van der Waals surface area contributed by atoms with E-state index in [2.05, 4.69) is 16.0 Å². The molecule has 0 amide bonds. The highest BCUT2D eigenvalue weighted by atomic mass is 32.1.